The van der Waals surface area contributed by atoms with Crippen molar-refractivity contribution in [3.8, 4) is 0 Å². The van der Waals surface area contributed by atoms with Crippen molar-refractivity contribution in [2.24, 2.45) is 0 Å². The summed E-state index contributed by atoms with van der Waals surface area (Å²) >= 11 is 5.59. The van der Waals surface area contributed by atoms with Crippen LogP contribution < -0.4 is 4.90 Å². The Labute approximate surface area is 149 Å². The van der Waals surface area contributed by atoms with Crippen LogP contribution in [0.25, 0.3) is 4.85 Å². The van der Waals surface area contributed by atoms with Crippen molar-refractivity contribution in [1.82, 2.24) is 4.90 Å². The highest BCUT2D eigenvalue weighted by atomic mass is 32.1. The Morgan fingerprint density at radius 2 is 2.04 bits per heavy atom. The van der Waals surface area contributed by atoms with E-state index in [4.69, 9.17) is 23.5 Å². The Morgan fingerprint density at radius 3 is 2.62 bits per heavy atom. The number of aryl methyl sites for hydroxylation is 1. The van der Waals surface area contributed by atoms with E-state index in [0.717, 1.165) is 30.6 Å². The molecule has 0 unspecified atom stereocenters. The van der Waals surface area contributed by atoms with Crippen LogP contribution in [0.15, 0.2) is 18.2 Å². The fraction of sp³-hybridized carbons (Fsp3) is 0.500. The van der Waals surface area contributed by atoms with Crippen LogP contribution >= 0.6 is 12.2 Å². The number of methoxy groups -OCH3 is 1. The van der Waals surface area contributed by atoms with Gasteiger partial charge in [-0.1, -0.05) is 6.07 Å². The van der Waals surface area contributed by atoms with Gasteiger partial charge in [0.1, 0.15) is 5.54 Å². The first-order chi connectivity index (χ1) is 11.3. The van der Waals surface area contributed by atoms with E-state index in [1.165, 1.54) is 0 Å². The largest absolute Gasteiger partial charge is 0.385 e. The summed E-state index contributed by atoms with van der Waals surface area (Å²) in [6.45, 7) is 14.2. The van der Waals surface area contributed by atoms with E-state index >= 15 is 0 Å². The SMILES string of the molecule is [C-]#[N+]c1ccc(N2C(=O)C(C)(C)N(CCCCOC)C2=S)cc1C. The van der Waals surface area contributed by atoms with Crippen LogP contribution in [0, 0.1) is 13.5 Å². The predicted octanol–water partition coefficient (Wildman–Crippen LogP) is 3.68. The van der Waals surface area contributed by atoms with Crippen molar-refractivity contribution in [1.29, 1.82) is 0 Å². The fourth-order valence-corrected chi connectivity index (χ4v) is 3.37. The van der Waals surface area contributed by atoms with Crippen LogP contribution in [0.4, 0.5) is 11.4 Å². The lowest BCUT2D eigenvalue weighted by Gasteiger charge is -2.29. The molecule has 1 aromatic rings. The molecule has 0 bridgehead atoms. The first kappa shape index (κ1) is 18.4. The van der Waals surface area contributed by atoms with Crippen molar-refractivity contribution < 1.29 is 9.53 Å². The summed E-state index contributed by atoms with van der Waals surface area (Å²) in [5.41, 5.74) is 1.49. The van der Waals surface area contributed by atoms with Gasteiger partial charge in [-0.2, -0.15) is 0 Å². The monoisotopic (exact) mass is 345 g/mol. The van der Waals surface area contributed by atoms with Crippen LogP contribution in [0.3, 0.4) is 0 Å². The van der Waals surface area contributed by atoms with E-state index < -0.39 is 5.54 Å². The molecule has 1 fully saturated rings. The minimum absolute atomic E-state index is 0.0331. The summed E-state index contributed by atoms with van der Waals surface area (Å²) in [6, 6.07) is 5.37. The number of hydrogen-bond acceptors (Lipinski definition) is 3. The Kier molecular flexibility index (Phi) is 5.58. The maximum Gasteiger partial charge on any atom is 0.258 e. The zero-order chi connectivity index (χ0) is 17.9. The van der Waals surface area contributed by atoms with Crippen molar-refractivity contribution in [3.63, 3.8) is 0 Å². The quantitative estimate of drug-likeness (QED) is 0.448. The zero-order valence-corrected chi connectivity index (χ0v) is 15.4. The minimum atomic E-state index is -0.670. The Hall–Kier alpha value is -1.97. The molecule has 0 saturated carbocycles. The average Bonchev–Trinajstić information content (AvgIpc) is 2.70. The highest BCUT2D eigenvalue weighted by Gasteiger charge is 2.49. The molecule has 0 aliphatic carbocycles. The average molecular weight is 345 g/mol. The molecule has 0 N–H and O–H groups in total. The molecule has 5 nitrogen and oxygen atoms in total. The van der Waals surface area contributed by atoms with Gasteiger partial charge in [0.15, 0.2) is 10.8 Å². The van der Waals surface area contributed by atoms with Crippen LogP contribution in [-0.4, -0.2) is 41.7 Å². The maximum absolute atomic E-state index is 12.9. The lowest BCUT2D eigenvalue weighted by Crippen LogP contribution is -2.44. The number of benzene rings is 1. The molecule has 6 heteroatoms. The molecule has 0 spiro atoms. The van der Waals surface area contributed by atoms with Crippen molar-refractivity contribution in [2.45, 2.75) is 39.2 Å². The number of ether oxygens (including phenoxy) is 1. The summed E-state index contributed by atoms with van der Waals surface area (Å²) in [6.07, 6.45) is 1.84. The van der Waals surface area contributed by atoms with E-state index in [1.54, 1.807) is 24.1 Å². The van der Waals surface area contributed by atoms with Gasteiger partial charge in [0, 0.05) is 25.9 Å². The summed E-state index contributed by atoms with van der Waals surface area (Å²) < 4.78 is 5.08. The lowest BCUT2D eigenvalue weighted by atomic mass is 10.0. The van der Waals surface area contributed by atoms with Crippen LogP contribution in [0.5, 0.6) is 0 Å². The lowest BCUT2D eigenvalue weighted by molar-refractivity contribution is -0.123. The van der Waals surface area contributed by atoms with E-state index in [-0.39, 0.29) is 5.91 Å². The third-order valence-electron chi connectivity index (χ3n) is 4.36. The molecule has 1 saturated heterocycles. The maximum atomic E-state index is 12.9. The molecular formula is C18H23N3O2S. The molecule has 1 aliphatic heterocycles. The Morgan fingerprint density at radius 1 is 1.33 bits per heavy atom. The Balaban J connectivity index is 2.26. The number of carbonyl (C=O) groups excluding carboxylic acids is 1. The van der Waals surface area contributed by atoms with Crippen molar-refractivity contribution >= 4 is 34.6 Å². The normalized spacial score (nSPS) is 16.6. The number of hydrogen-bond donors (Lipinski definition) is 0. The van der Waals surface area contributed by atoms with Crippen molar-refractivity contribution in [2.75, 3.05) is 25.2 Å². The van der Waals surface area contributed by atoms with E-state index in [1.807, 2.05) is 31.7 Å². The summed E-state index contributed by atoms with van der Waals surface area (Å²) in [4.78, 5) is 20.0. The van der Waals surface area contributed by atoms with Crippen LogP contribution in [0.1, 0.15) is 32.3 Å². The number of rotatable bonds is 6. The van der Waals surface area contributed by atoms with Gasteiger partial charge in [0.2, 0.25) is 0 Å². The molecule has 128 valence electrons. The standard InChI is InChI=1S/C18H23N3O2S/c1-13-12-14(8-9-15(13)19-4)21-16(22)18(2,3)20(17(21)24)10-6-7-11-23-5/h8-9,12H,6-7,10-11H2,1-3,5H3. The van der Waals surface area contributed by atoms with Gasteiger partial charge in [0.25, 0.3) is 5.91 Å². The second kappa shape index (κ2) is 7.29. The van der Waals surface area contributed by atoms with E-state index in [2.05, 4.69) is 4.85 Å². The Bertz CT molecular complexity index is 694. The molecule has 0 radical (unpaired) electrons. The number of anilines is 1. The van der Waals surface area contributed by atoms with Gasteiger partial charge < -0.3 is 9.64 Å². The van der Waals surface area contributed by atoms with E-state index in [0.29, 0.717) is 17.4 Å². The van der Waals surface area contributed by atoms with Crippen LogP contribution in [-0.2, 0) is 9.53 Å². The van der Waals surface area contributed by atoms with Gasteiger partial charge in [-0.3, -0.25) is 9.69 Å². The van der Waals surface area contributed by atoms with Crippen LogP contribution in [0.2, 0.25) is 0 Å². The number of nitrogens with zero attached hydrogens (tertiary/aromatic N) is 3. The third kappa shape index (κ3) is 3.28. The highest BCUT2D eigenvalue weighted by Crippen LogP contribution is 2.34. The van der Waals surface area contributed by atoms with Gasteiger partial charge in [-0.05, 0) is 63.5 Å². The third-order valence-corrected chi connectivity index (χ3v) is 4.77. The molecule has 0 atom stereocenters. The minimum Gasteiger partial charge on any atom is -0.385 e. The van der Waals surface area contributed by atoms with E-state index in [9.17, 15) is 4.79 Å². The molecule has 1 heterocycles. The van der Waals surface area contributed by atoms with Gasteiger partial charge in [0.05, 0.1) is 6.57 Å². The summed E-state index contributed by atoms with van der Waals surface area (Å²) in [5.74, 6) is -0.0331. The summed E-state index contributed by atoms with van der Waals surface area (Å²) in [7, 11) is 1.69. The highest BCUT2D eigenvalue weighted by molar-refractivity contribution is 7.80. The number of carbonyl (C=O) groups is 1. The number of amides is 1. The molecule has 1 aromatic carbocycles. The first-order valence-electron chi connectivity index (χ1n) is 7.97. The number of thiocarbonyl (C=S) groups is 1. The zero-order valence-electron chi connectivity index (χ0n) is 14.6. The van der Waals surface area contributed by atoms with Gasteiger partial charge >= 0.3 is 0 Å². The number of unbranched alkanes of at least 4 members (excludes halogenated alkanes) is 1. The van der Waals surface area contributed by atoms with Gasteiger partial charge in [-0.25, -0.2) is 4.85 Å². The molecule has 24 heavy (non-hydrogen) atoms. The topological polar surface area (TPSA) is 37.1 Å². The molecular weight excluding hydrogens is 322 g/mol. The predicted molar refractivity (Wildman–Crippen MR) is 99.4 cm³/mol. The second-order valence-corrected chi connectivity index (χ2v) is 6.78. The molecule has 1 aliphatic rings. The summed E-state index contributed by atoms with van der Waals surface area (Å²) in [5, 5.41) is 0.525. The molecule has 0 aromatic heterocycles. The first-order valence-corrected chi connectivity index (χ1v) is 8.38. The van der Waals surface area contributed by atoms with Crippen molar-refractivity contribution in [3.05, 3.63) is 35.2 Å². The second-order valence-electron chi connectivity index (χ2n) is 6.42. The molecule has 2 rings (SSSR count). The fourth-order valence-electron chi connectivity index (χ4n) is 2.86. The molecule has 1 amide bonds. The van der Waals surface area contributed by atoms with Gasteiger partial charge in [-0.15, -0.1) is 0 Å². The smallest absolute Gasteiger partial charge is 0.258 e.